The Bertz CT molecular complexity index is 1310. The van der Waals surface area contributed by atoms with Gasteiger partial charge < -0.3 is 24.9 Å². The summed E-state index contributed by atoms with van der Waals surface area (Å²) in [5, 5.41) is 21.5. The first-order valence-electron chi connectivity index (χ1n) is 14.9. The van der Waals surface area contributed by atoms with E-state index < -0.39 is 17.4 Å². The van der Waals surface area contributed by atoms with Gasteiger partial charge in [0.2, 0.25) is 11.8 Å². The van der Waals surface area contributed by atoms with Crippen molar-refractivity contribution in [3.8, 4) is 0 Å². The van der Waals surface area contributed by atoms with Crippen LogP contribution in [0.15, 0.2) is 60.7 Å². The summed E-state index contributed by atoms with van der Waals surface area (Å²) in [6, 6.07) is 14.9. The van der Waals surface area contributed by atoms with Crippen LogP contribution in [0, 0.1) is 5.92 Å². The first kappa shape index (κ1) is 29.0. The zero-order valence-corrected chi connectivity index (χ0v) is 23.9. The number of fused-ring (bicyclic) bond motifs is 1. The summed E-state index contributed by atoms with van der Waals surface area (Å²) in [6.45, 7) is 3.35. The predicted octanol–water partition coefficient (Wildman–Crippen LogP) is 4.28. The van der Waals surface area contributed by atoms with Crippen LogP contribution in [0.5, 0.6) is 0 Å². The average molecular weight is 560 g/mol. The van der Waals surface area contributed by atoms with Gasteiger partial charge in [0.25, 0.3) is 5.91 Å². The summed E-state index contributed by atoms with van der Waals surface area (Å²) < 4.78 is 0. The largest absolute Gasteiger partial charge is 0.394 e. The molecule has 0 saturated carbocycles. The Morgan fingerprint density at radius 3 is 2.68 bits per heavy atom. The van der Waals surface area contributed by atoms with E-state index in [-0.39, 0.29) is 37.4 Å². The molecule has 3 aliphatic heterocycles. The fourth-order valence-electron chi connectivity index (χ4n) is 6.48. The molecule has 0 radical (unpaired) electrons. The number of anilines is 2. The summed E-state index contributed by atoms with van der Waals surface area (Å²) in [4.78, 5) is 44.6. The summed E-state index contributed by atoms with van der Waals surface area (Å²) in [7, 11) is 0. The average Bonchev–Trinajstić information content (AvgIpc) is 3.54. The molecular formula is C33H41N3O5. The van der Waals surface area contributed by atoms with Crippen molar-refractivity contribution in [3.05, 3.63) is 71.8 Å². The molecule has 3 heterocycles. The predicted molar refractivity (Wildman–Crippen MR) is 158 cm³/mol. The molecule has 218 valence electrons. The van der Waals surface area contributed by atoms with Gasteiger partial charge in [0.15, 0.2) is 5.60 Å². The van der Waals surface area contributed by atoms with Gasteiger partial charge in [0.1, 0.15) is 0 Å². The van der Waals surface area contributed by atoms with Crippen molar-refractivity contribution in [1.82, 2.24) is 4.90 Å². The van der Waals surface area contributed by atoms with Gasteiger partial charge in [-0.1, -0.05) is 62.2 Å². The molecule has 3 aliphatic rings. The third-order valence-electron chi connectivity index (χ3n) is 8.85. The van der Waals surface area contributed by atoms with Crippen LogP contribution in [0.1, 0.15) is 69.4 Å². The second kappa shape index (κ2) is 12.6. The van der Waals surface area contributed by atoms with Crippen molar-refractivity contribution in [2.75, 3.05) is 29.5 Å². The SMILES string of the molecule is C[C@H](/C=C/CC(=O)N1CCC[C@H]1CO)[C@@]1(O)C(=O)N(Cc2cccc(N3CCCCCCC3=O)c2)c2ccccc21. The van der Waals surface area contributed by atoms with Gasteiger partial charge in [0.05, 0.1) is 24.9 Å². The molecule has 2 aromatic rings. The quantitative estimate of drug-likeness (QED) is 0.470. The lowest BCUT2D eigenvalue weighted by Gasteiger charge is -2.28. The molecule has 2 fully saturated rings. The van der Waals surface area contributed by atoms with Gasteiger partial charge in [-0.15, -0.1) is 0 Å². The van der Waals surface area contributed by atoms with E-state index in [2.05, 4.69) is 0 Å². The molecule has 0 unspecified atom stereocenters. The summed E-state index contributed by atoms with van der Waals surface area (Å²) in [5.41, 5.74) is 1.15. The second-order valence-electron chi connectivity index (χ2n) is 11.5. The van der Waals surface area contributed by atoms with E-state index in [9.17, 15) is 24.6 Å². The molecule has 2 N–H and O–H groups in total. The van der Waals surface area contributed by atoms with Gasteiger partial charge in [0, 0.05) is 43.1 Å². The van der Waals surface area contributed by atoms with E-state index in [0.29, 0.717) is 30.8 Å². The maximum Gasteiger partial charge on any atom is 0.264 e. The number of carbonyl (C=O) groups excluding carboxylic acids is 3. The molecule has 0 aliphatic carbocycles. The highest BCUT2D eigenvalue weighted by Gasteiger charge is 2.52. The maximum absolute atomic E-state index is 13.9. The Balaban J connectivity index is 1.33. The fraction of sp³-hybridized carbons (Fsp3) is 0.485. The van der Waals surface area contributed by atoms with E-state index >= 15 is 0 Å². The number of nitrogens with zero attached hydrogens (tertiary/aromatic N) is 3. The number of benzene rings is 2. The molecular weight excluding hydrogens is 518 g/mol. The lowest BCUT2D eigenvalue weighted by Crippen LogP contribution is -2.44. The van der Waals surface area contributed by atoms with Crippen LogP contribution in [-0.2, 0) is 26.5 Å². The number of hydrogen-bond donors (Lipinski definition) is 2. The zero-order valence-electron chi connectivity index (χ0n) is 23.9. The minimum Gasteiger partial charge on any atom is -0.394 e. The van der Waals surface area contributed by atoms with Crippen LogP contribution in [-0.4, -0.2) is 58.6 Å². The smallest absolute Gasteiger partial charge is 0.264 e. The molecule has 8 nitrogen and oxygen atoms in total. The number of rotatable bonds is 8. The lowest BCUT2D eigenvalue weighted by molar-refractivity contribution is -0.139. The van der Waals surface area contributed by atoms with E-state index in [1.807, 2.05) is 47.4 Å². The standard InChI is InChI=1S/C33H41N3O5/c1-24(11-8-18-31(39)35-20-10-14-27(35)23-37)33(41)28-15-5-6-16-29(28)36(32(33)40)22-25-12-9-13-26(21-25)34-19-7-3-2-4-17-30(34)38/h5-6,8-9,11-13,15-16,21,24,27,37,41H,2-4,7,10,14,17-20,22-23H2,1H3/b11-8+/t24-,27+,33+/m1/s1. The maximum atomic E-state index is 13.9. The molecule has 3 amide bonds. The van der Waals surface area contributed by atoms with Gasteiger partial charge in [-0.3, -0.25) is 14.4 Å². The number of hydrogen-bond acceptors (Lipinski definition) is 5. The Morgan fingerprint density at radius 2 is 1.85 bits per heavy atom. The molecule has 0 bridgehead atoms. The van der Waals surface area contributed by atoms with Crippen LogP contribution in [0.4, 0.5) is 11.4 Å². The van der Waals surface area contributed by atoms with Gasteiger partial charge in [-0.2, -0.15) is 0 Å². The molecule has 8 heteroatoms. The monoisotopic (exact) mass is 559 g/mol. The summed E-state index contributed by atoms with van der Waals surface area (Å²) in [6.07, 6.45) is 9.94. The Kier molecular flexibility index (Phi) is 8.90. The van der Waals surface area contributed by atoms with Gasteiger partial charge in [-0.25, -0.2) is 0 Å². The van der Waals surface area contributed by atoms with Crippen molar-refractivity contribution >= 4 is 29.1 Å². The number of aliphatic hydroxyl groups is 2. The van der Waals surface area contributed by atoms with Crippen LogP contribution in [0.25, 0.3) is 0 Å². The first-order valence-corrected chi connectivity index (χ1v) is 14.9. The highest BCUT2D eigenvalue weighted by molar-refractivity contribution is 6.07. The van der Waals surface area contributed by atoms with E-state index in [1.165, 1.54) is 0 Å². The third-order valence-corrected chi connectivity index (χ3v) is 8.85. The summed E-state index contributed by atoms with van der Waals surface area (Å²) >= 11 is 0. The normalized spacial score (nSPS) is 24.1. The highest BCUT2D eigenvalue weighted by atomic mass is 16.3. The molecule has 5 rings (SSSR count). The molecule has 2 saturated heterocycles. The Labute approximate surface area is 242 Å². The van der Waals surface area contributed by atoms with Crippen molar-refractivity contribution in [2.24, 2.45) is 5.92 Å². The van der Waals surface area contributed by atoms with Crippen LogP contribution in [0.2, 0.25) is 0 Å². The zero-order chi connectivity index (χ0) is 29.0. The number of likely N-dealkylation sites (tertiary alicyclic amines) is 1. The lowest BCUT2D eigenvalue weighted by atomic mass is 9.83. The van der Waals surface area contributed by atoms with Crippen molar-refractivity contribution < 1.29 is 24.6 Å². The van der Waals surface area contributed by atoms with Gasteiger partial charge >= 0.3 is 0 Å². The molecule has 0 spiro atoms. The Morgan fingerprint density at radius 1 is 1.05 bits per heavy atom. The molecule has 41 heavy (non-hydrogen) atoms. The van der Waals surface area contributed by atoms with Crippen molar-refractivity contribution in [2.45, 2.75) is 76.5 Å². The highest BCUT2D eigenvalue weighted by Crippen LogP contribution is 2.45. The number of amides is 3. The minimum absolute atomic E-state index is 0.0377. The van der Waals surface area contributed by atoms with Crippen LogP contribution in [0.3, 0.4) is 0 Å². The first-order chi connectivity index (χ1) is 19.8. The molecule has 2 aromatic carbocycles. The fourth-order valence-corrected chi connectivity index (χ4v) is 6.48. The second-order valence-corrected chi connectivity index (χ2v) is 11.5. The van der Waals surface area contributed by atoms with Crippen LogP contribution < -0.4 is 9.80 Å². The van der Waals surface area contributed by atoms with Crippen molar-refractivity contribution in [3.63, 3.8) is 0 Å². The van der Waals surface area contributed by atoms with Gasteiger partial charge in [-0.05, 0) is 49.4 Å². The number of aliphatic hydroxyl groups excluding tert-OH is 1. The van der Waals surface area contributed by atoms with E-state index in [1.54, 1.807) is 34.9 Å². The molecule has 0 aromatic heterocycles. The minimum atomic E-state index is -1.77. The van der Waals surface area contributed by atoms with E-state index in [0.717, 1.165) is 49.8 Å². The topological polar surface area (TPSA) is 101 Å². The third kappa shape index (κ3) is 5.81. The van der Waals surface area contributed by atoms with Crippen molar-refractivity contribution in [1.29, 1.82) is 0 Å². The number of carbonyl (C=O) groups is 3. The Hall–Kier alpha value is -3.49. The number of para-hydroxylation sites is 1. The molecule has 3 atom stereocenters. The van der Waals surface area contributed by atoms with E-state index in [4.69, 9.17) is 0 Å². The summed E-state index contributed by atoms with van der Waals surface area (Å²) in [5.74, 6) is -0.911. The van der Waals surface area contributed by atoms with Crippen LogP contribution >= 0.6 is 0 Å².